The Labute approximate surface area is 175 Å². The van der Waals surface area contributed by atoms with Crippen LogP contribution in [0.3, 0.4) is 0 Å². The average Bonchev–Trinajstić information content (AvgIpc) is 2.90. The lowest BCUT2D eigenvalue weighted by Crippen LogP contribution is -2.19. The van der Waals surface area contributed by atoms with Gasteiger partial charge in [-0.05, 0) is 60.0 Å². The average molecular weight is 459 g/mol. The Morgan fingerprint density at radius 2 is 1.79 bits per heavy atom. The van der Waals surface area contributed by atoms with Crippen LogP contribution in [0.15, 0.2) is 47.1 Å². The summed E-state index contributed by atoms with van der Waals surface area (Å²) in [7, 11) is 0. The second-order valence-corrected chi connectivity index (χ2v) is 7.56. The molecule has 1 aromatic heterocycles. The lowest BCUT2D eigenvalue weighted by atomic mass is 10.1. The molecule has 3 aromatic rings. The summed E-state index contributed by atoms with van der Waals surface area (Å²) in [6.07, 6.45) is 1.69. The van der Waals surface area contributed by atoms with Crippen LogP contribution in [0.5, 0.6) is 11.5 Å². The Morgan fingerprint density at radius 3 is 2.38 bits per heavy atom. The molecule has 0 unspecified atom stereocenters. The standard InChI is InChI=1S/C20H19BrN4O4/c1-12-4-13(2)6-17(5-12)29-18-8-15(7-16(9-18)25(27)28)22-20(26)11-24-10-19(21)14(3)23-24/h4-10H,11H2,1-3H3,(H,22,26). The van der Waals surface area contributed by atoms with Gasteiger partial charge in [0.05, 0.1) is 26.8 Å². The van der Waals surface area contributed by atoms with Crippen LogP contribution >= 0.6 is 15.9 Å². The Kier molecular flexibility index (Phi) is 5.97. The van der Waals surface area contributed by atoms with Crippen molar-refractivity contribution in [3.63, 3.8) is 0 Å². The molecule has 1 heterocycles. The highest BCUT2D eigenvalue weighted by atomic mass is 79.9. The molecule has 0 saturated heterocycles. The zero-order valence-electron chi connectivity index (χ0n) is 16.1. The van der Waals surface area contributed by atoms with E-state index in [1.54, 1.807) is 12.3 Å². The molecule has 2 aromatic carbocycles. The van der Waals surface area contributed by atoms with Crippen molar-refractivity contribution in [2.75, 3.05) is 5.32 Å². The molecule has 0 aliphatic rings. The number of nitrogens with zero attached hydrogens (tertiary/aromatic N) is 3. The van der Waals surface area contributed by atoms with Gasteiger partial charge in [0.15, 0.2) is 0 Å². The minimum Gasteiger partial charge on any atom is -0.457 e. The van der Waals surface area contributed by atoms with E-state index >= 15 is 0 Å². The molecular formula is C20H19BrN4O4. The number of benzene rings is 2. The molecule has 3 rings (SSSR count). The van der Waals surface area contributed by atoms with E-state index < -0.39 is 4.92 Å². The number of rotatable bonds is 6. The SMILES string of the molecule is Cc1cc(C)cc(Oc2cc(NC(=O)Cn3cc(Br)c(C)n3)cc([N+](=O)[O-])c2)c1. The fourth-order valence-electron chi connectivity index (χ4n) is 2.87. The predicted octanol–water partition coefficient (Wildman–Crippen LogP) is 4.91. The van der Waals surface area contributed by atoms with E-state index in [4.69, 9.17) is 4.74 Å². The summed E-state index contributed by atoms with van der Waals surface area (Å²) < 4.78 is 8.09. The van der Waals surface area contributed by atoms with E-state index in [0.717, 1.165) is 21.3 Å². The molecule has 0 aliphatic heterocycles. The topological polar surface area (TPSA) is 99.3 Å². The minimum absolute atomic E-state index is 0.0254. The molecule has 0 spiro atoms. The van der Waals surface area contributed by atoms with Crippen LogP contribution in [0.2, 0.25) is 0 Å². The van der Waals surface area contributed by atoms with Gasteiger partial charge in [-0.1, -0.05) is 6.07 Å². The third-order valence-corrected chi connectivity index (χ3v) is 4.79. The number of carbonyl (C=O) groups excluding carboxylic acids is 1. The first-order valence-corrected chi connectivity index (χ1v) is 9.54. The van der Waals surface area contributed by atoms with Crippen LogP contribution in [0.25, 0.3) is 0 Å². The molecule has 150 valence electrons. The van der Waals surface area contributed by atoms with Crippen LogP contribution in [0.4, 0.5) is 11.4 Å². The molecule has 0 aliphatic carbocycles. The maximum Gasteiger partial charge on any atom is 0.275 e. The summed E-state index contributed by atoms with van der Waals surface area (Å²) in [5.74, 6) is 0.465. The number of nitrogens with one attached hydrogen (secondary N) is 1. The highest BCUT2D eigenvalue weighted by molar-refractivity contribution is 9.10. The normalized spacial score (nSPS) is 10.6. The van der Waals surface area contributed by atoms with Gasteiger partial charge in [0, 0.05) is 18.3 Å². The Bertz CT molecular complexity index is 1050. The van der Waals surface area contributed by atoms with E-state index in [2.05, 4.69) is 26.3 Å². The van der Waals surface area contributed by atoms with Gasteiger partial charge in [-0.15, -0.1) is 0 Å². The van der Waals surface area contributed by atoms with E-state index in [1.165, 1.54) is 16.8 Å². The van der Waals surface area contributed by atoms with Crippen LogP contribution in [0.1, 0.15) is 16.8 Å². The summed E-state index contributed by atoms with van der Waals surface area (Å²) >= 11 is 3.34. The molecule has 9 heteroatoms. The molecule has 0 atom stereocenters. The van der Waals surface area contributed by atoms with Crippen LogP contribution in [-0.4, -0.2) is 20.6 Å². The Morgan fingerprint density at radius 1 is 1.14 bits per heavy atom. The molecule has 8 nitrogen and oxygen atoms in total. The highest BCUT2D eigenvalue weighted by Gasteiger charge is 2.14. The smallest absolute Gasteiger partial charge is 0.275 e. The maximum atomic E-state index is 12.3. The fraction of sp³-hybridized carbons (Fsp3) is 0.200. The highest BCUT2D eigenvalue weighted by Crippen LogP contribution is 2.30. The fourth-order valence-corrected chi connectivity index (χ4v) is 3.19. The van der Waals surface area contributed by atoms with Crippen molar-refractivity contribution < 1.29 is 14.5 Å². The summed E-state index contributed by atoms with van der Waals surface area (Å²) in [5, 5.41) is 18.2. The van der Waals surface area contributed by atoms with Crippen LogP contribution in [0, 0.1) is 30.9 Å². The van der Waals surface area contributed by atoms with Gasteiger partial charge < -0.3 is 10.1 Å². The quantitative estimate of drug-likeness (QED) is 0.417. The number of nitro benzene ring substituents is 1. The third-order valence-electron chi connectivity index (χ3n) is 4.01. The number of hydrogen-bond acceptors (Lipinski definition) is 5. The van der Waals surface area contributed by atoms with E-state index in [9.17, 15) is 14.9 Å². The van der Waals surface area contributed by atoms with Crippen molar-refractivity contribution in [2.45, 2.75) is 27.3 Å². The Hall–Kier alpha value is -3.20. The number of halogens is 1. The molecule has 1 amide bonds. The number of carbonyl (C=O) groups is 1. The first kappa shape index (κ1) is 20.5. The predicted molar refractivity (Wildman–Crippen MR) is 112 cm³/mol. The number of hydrogen-bond donors (Lipinski definition) is 1. The lowest BCUT2D eigenvalue weighted by molar-refractivity contribution is -0.384. The van der Waals surface area contributed by atoms with Crippen LogP contribution < -0.4 is 10.1 Å². The van der Waals surface area contributed by atoms with Gasteiger partial charge in [-0.2, -0.15) is 5.10 Å². The number of aromatic nitrogens is 2. The zero-order valence-corrected chi connectivity index (χ0v) is 17.7. The first-order valence-electron chi connectivity index (χ1n) is 8.74. The molecule has 1 N–H and O–H groups in total. The van der Waals surface area contributed by atoms with E-state index in [0.29, 0.717) is 5.75 Å². The van der Waals surface area contributed by atoms with Crippen molar-refractivity contribution in [2.24, 2.45) is 0 Å². The van der Waals surface area contributed by atoms with Gasteiger partial charge in [0.25, 0.3) is 5.69 Å². The summed E-state index contributed by atoms with van der Waals surface area (Å²) in [6, 6.07) is 9.83. The first-order chi connectivity index (χ1) is 13.7. The van der Waals surface area contributed by atoms with E-state index in [1.807, 2.05) is 39.0 Å². The van der Waals surface area contributed by atoms with E-state index in [-0.39, 0.29) is 29.6 Å². The monoisotopic (exact) mass is 458 g/mol. The second-order valence-electron chi connectivity index (χ2n) is 6.71. The van der Waals surface area contributed by atoms with Crippen molar-refractivity contribution in [3.8, 4) is 11.5 Å². The molecule has 0 radical (unpaired) electrons. The number of nitro groups is 1. The van der Waals surface area contributed by atoms with Gasteiger partial charge in [-0.25, -0.2) is 0 Å². The molecule has 29 heavy (non-hydrogen) atoms. The van der Waals surface area contributed by atoms with Crippen LogP contribution in [-0.2, 0) is 11.3 Å². The number of amides is 1. The molecule has 0 fully saturated rings. The van der Waals surface area contributed by atoms with Gasteiger partial charge in [-0.3, -0.25) is 19.6 Å². The molecule has 0 saturated carbocycles. The van der Waals surface area contributed by atoms with Gasteiger partial charge >= 0.3 is 0 Å². The maximum absolute atomic E-state index is 12.3. The lowest BCUT2D eigenvalue weighted by Gasteiger charge is -2.11. The largest absolute Gasteiger partial charge is 0.457 e. The van der Waals surface area contributed by atoms with Crippen molar-refractivity contribution in [1.29, 1.82) is 0 Å². The number of ether oxygens (including phenoxy) is 1. The van der Waals surface area contributed by atoms with Crippen molar-refractivity contribution in [3.05, 3.63) is 74.0 Å². The third kappa shape index (κ3) is 5.41. The van der Waals surface area contributed by atoms with Gasteiger partial charge in [0.2, 0.25) is 5.91 Å². The minimum atomic E-state index is -0.530. The summed E-state index contributed by atoms with van der Waals surface area (Å²) in [6.45, 7) is 5.67. The number of non-ortho nitro benzene ring substituents is 1. The Balaban J connectivity index is 1.82. The summed E-state index contributed by atoms with van der Waals surface area (Å²) in [5.41, 5.74) is 2.88. The van der Waals surface area contributed by atoms with Crippen molar-refractivity contribution in [1.82, 2.24) is 9.78 Å². The van der Waals surface area contributed by atoms with Crippen molar-refractivity contribution >= 4 is 33.2 Å². The molecule has 0 bridgehead atoms. The number of aryl methyl sites for hydroxylation is 3. The van der Waals surface area contributed by atoms with Gasteiger partial charge in [0.1, 0.15) is 18.0 Å². The number of anilines is 1. The zero-order chi connectivity index (χ0) is 21.1. The summed E-state index contributed by atoms with van der Waals surface area (Å²) in [4.78, 5) is 23.1. The second kappa shape index (κ2) is 8.44. The molecular weight excluding hydrogens is 440 g/mol.